The van der Waals surface area contributed by atoms with Crippen LogP contribution < -0.4 is 0 Å². The molecule has 0 aliphatic heterocycles. The van der Waals surface area contributed by atoms with Crippen molar-refractivity contribution in [2.24, 2.45) is 0 Å². The lowest BCUT2D eigenvalue weighted by Gasteiger charge is -2.03. The number of hydrogen-bond acceptors (Lipinski definition) is 5. The standard InChI is InChI=1S/C9H8NO5S/c1-2-7-15-16(13,14)9-6-4-3-5-8(9)10(11)12/h2-7H,1H2. The van der Waals surface area contributed by atoms with Crippen molar-refractivity contribution in [2.75, 3.05) is 0 Å². The minimum atomic E-state index is -4.17. The van der Waals surface area contributed by atoms with Gasteiger partial charge in [0.15, 0.2) is 4.90 Å². The third kappa shape index (κ3) is 2.65. The molecule has 1 radical (unpaired) electrons. The van der Waals surface area contributed by atoms with E-state index in [0.29, 0.717) is 0 Å². The van der Waals surface area contributed by atoms with Gasteiger partial charge in [-0.3, -0.25) is 14.3 Å². The lowest BCUT2D eigenvalue weighted by atomic mass is 10.3. The van der Waals surface area contributed by atoms with E-state index < -0.39 is 25.6 Å². The molecule has 16 heavy (non-hydrogen) atoms. The van der Waals surface area contributed by atoms with Crippen LogP contribution >= 0.6 is 0 Å². The van der Waals surface area contributed by atoms with E-state index in [2.05, 4.69) is 10.8 Å². The Morgan fingerprint density at radius 2 is 2.00 bits per heavy atom. The molecule has 0 unspecified atom stereocenters. The van der Waals surface area contributed by atoms with Gasteiger partial charge in [-0.1, -0.05) is 18.2 Å². The van der Waals surface area contributed by atoms with Crippen molar-refractivity contribution in [3.63, 3.8) is 0 Å². The largest absolute Gasteiger partial charge is 0.304 e. The van der Waals surface area contributed by atoms with Gasteiger partial charge < -0.3 is 0 Å². The molecule has 0 bridgehead atoms. The SMILES string of the molecule is C=C[CH]OS(=O)(=O)c1ccccc1[N+](=O)[O-]. The lowest BCUT2D eigenvalue weighted by Crippen LogP contribution is -2.07. The third-order valence-corrected chi connectivity index (χ3v) is 2.86. The summed E-state index contributed by atoms with van der Waals surface area (Å²) in [5.74, 6) is 0. The predicted molar refractivity (Wildman–Crippen MR) is 55.9 cm³/mol. The number of rotatable bonds is 5. The van der Waals surface area contributed by atoms with E-state index in [9.17, 15) is 18.5 Å². The molecule has 0 saturated heterocycles. The molecular formula is C9H8NO5S. The van der Waals surface area contributed by atoms with Crippen LogP contribution in [0.25, 0.3) is 0 Å². The second kappa shape index (κ2) is 4.86. The normalized spacial score (nSPS) is 11.0. The minimum absolute atomic E-state index is 0.488. The lowest BCUT2D eigenvalue weighted by molar-refractivity contribution is -0.387. The highest BCUT2D eigenvalue weighted by Crippen LogP contribution is 2.24. The highest BCUT2D eigenvalue weighted by atomic mass is 32.2. The molecule has 0 heterocycles. The van der Waals surface area contributed by atoms with Crippen molar-refractivity contribution >= 4 is 15.8 Å². The fourth-order valence-corrected chi connectivity index (χ4v) is 1.96. The first-order valence-electron chi connectivity index (χ1n) is 4.10. The van der Waals surface area contributed by atoms with Gasteiger partial charge in [-0.25, -0.2) is 0 Å². The van der Waals surface area contributed by atoms with Crippen molar-refractivity contribution in [3.8, 4) is 0 Å². The summed E-state index contributed by atoms with van der Waals surface area (Å²) in [7, 11) is -4.17. The predicted octanol–water partition coefficient (Wildman–Crippen LogP) is 1.65. The first-order valence-corrected chi connectivity index (χ1v) is 5.51. The second-order valence-corrected chi connectivity index (χ2v) is 4.19. The van der Waals surface area contributed by atoms with E-state index in [1.54, 1.807) is 0 Å². The third-order valence-electron chi connectivity index (χ3n) is 1.61. The van der Waals surface area contributed by atoms with E-state index >= 15 is 0 Å². The van der Waals surface area contributed by atoms with Crippen LogP contribution in [0.15, 0.2) is 41.8 Å². The zero-order valence-electron chi connectivity index (χ0n) is 8.07. The topological polar surface area (TPSA) is 86.5 Å². The van der Waals surface area contributed by atoms with Crippen LogP contribution in [0.5, 0.6) is 0 Å². The van der Waals surface area contributed by atoms with Crippen molar-refractivity contribution in [1.29, 1.82) is 0 Å². The number of para-hydroxylation sites is 1. The highest BCUT2D eigenvalue weighted by Gasteiger charge is 2.25. The summed E-state index contributed by atoms with van der Waals surface area (Å²) >= 11 is 0. The molecule has 0 aliphatic rings. The summed E-state index contributed by atoms with van der Waals surface area (Å²) in [6.45, 7) is 4.08. The smallest absolute Gasteiger partial charge is 0.258 e. The Bertz CT molecular complexity index is 508. The fourth-order valence-electron chi connectivity index (χ4n) is 0.984. The Morgan fingerprint density at radius 1 is 1.38 bits per heavy atom. The summed E-state index contributed by atoms with van der Waals surface area (Å²) in [5.41, 5.74) is -0.528. The van der Waals surface area contributed by atoms with Gasteiger partial charge in [0.2, 0.25) is 0 Å². The van der Waals surface area contributed by atoms with Crippen LogP contribution in [0, 0.1) is 16.7 Å². The molecule has 0 aromatic heterocycles. The Balaban J connectivity index is 3.22. The van der Waals surface area contributed by atoms with Gasteiger partial charge in [0, 0.05) is 6.07 Å². The van der Waals surface area contributed by atoms with Crippen molar-refractivity contribution in [3.05, 3.63) is 53.6 Å². The van der Waals surface area contributed by atoms with Gasteiger partial charge in [0.25, 0.3) is 5.69 Å². The van der Waals surface area contributed by atoms with Gasteiger partial charge in [-0.2, -0.15) is 8.42 Å². The molecule has 0 amide bonds. The van der Waals surface area contributed by atoms with Crippen molar-refractivity contribution in [1.82, 2.24) is 0 Å². The molecule has 6 nitrogen and oxygen atoms in total. The molecule has 1 aromatic rings. The molecule has 85 valence electrons. The quantitative estimate of drug-likeness (QED) is 0.445. The van der Waals surface area contributed by atoms with Crippen LogP contribution in [0.2, 0.25) is 0 Å². The van der Waals surface area contributed by atoms with E-state index in [4.69, 9.17) is 0 Å². The first kappa shape index (κ1) is 12.3. The van der Waals surface area contributed by atoms with E-state index in [-0.39, 0.29) is 0 Å². The van der Waals surface area contributed by atoms with Gasteiger partial charge in [0.05, 0.1) is 4.92 Å². The maximum atomic E-state index is 11.5. The average molecular weight is 242 g/mol. The maximum Gasteiger partial charge on any atom is 0.304 e. The van der Waals surface area contributed by atoms with Crippen molar-refractivity contribution in [2.45, 2.75) is 4.90 Å². The Hall–Kier alpha value is -1.73. The van der Waals surface area contributed by atoms with Gasteiger partial charge in [0.1, 0.15) is 6.61 Å². The summed E-state index contributed by atoms with van der Waals surface area (Å²) in [5, 5.41) is 10.6. The van der Waals surface area contributed by atoms with Crippen LogP contribution in [0.3, 0.4) is 0 Å². The molecule has 0 N–H and O–H groups in total. The minimum Gasteiger partial charge on any atom is -0.258 e. The fraction of sp³-hybridized carbons (Fsp3) is 0. The Kier molecular flexibility index (Phi) is 3.75. The molecule has 0 spiro atoms. The van der Waals surface area contributed by atoms with Crippen LogP contribution in [-0.4, -0.2) is 13.3 Å². The molecule has 0 fully saturated rings. The zero-order valence-corrected chi connectivity index (χ0v) is 8.88. The molecule has 1 rings (SSSR count). The number of nitro benzene ring substituents is 1. The number of nitrogens with zero attached hydrogens (tertiary/aromatic N) is 1. The summed E-state index contributed by atoms with van der Waals surface area (Å²) in [6.07, 6.45) is 1.12. The summed E-state index contributed by atoms with van der Waals surface area (Å²) in [4.78, 5) is 9.32. The van der Waals surface area contributed by atoms with Gasteiger partial charge >= 0.3 is 10.1 Å². The molecular weight excluding hydrogens is 234 g/mol. The zero-order chi connectivity index (χ0) is 12.2. The van der Waals surface area contributed by atoms with Gasteiger partial charge in [-0.15, -0.1) is 6.58 Å². The summed E-state index contributed by atoms with van der Waals surface area (Å²) in [6, 6.07) is 4.93. The van der Waals surface area contributed by atoms with Crippen LogP contribution in [0.1, 0.15) is 0 Å². The summed E-state index contributed by atoms with van der Waals surface area (Å²) < 4.78 is 27.4. The average Bonchev–Trinajstić information content (AvgIpc) is 2.26. The highest BCUT2D eigenvalue weighted by molar-refractivity contribution is 7.87. The Labute approximate surface area is 92.4 Å². The molecule has 0 saturated carbocycles. The van der Waals surface area contributed by atoms with Crippen LogP contribution in [0.4, 0.5) is 5.69 Å². The monoisotopic (exact) mass is 242 g/mol. The Morgan fingerprint density at radius 3 is 2.56 bits per heavy atom. The molecule has 1 aromatic carbocycles. The molecule has 7 heteroatoms. The van der Waals surface area contributed by atoms with E-state index in [0.717, 1.165) is 24.8 Å². The van der Waals surface area contributed by atoms with Gasteiger partial charge in [-0.05, 0) is 6.07 Å². The van der Waals surface area contributed by atoms with E-state index in [1.165, 1.54) is 12.1 Å². The number of benzene rings is 1. The molecule has 0 atom stereocenters. The first-order chi connectivity index (χ1) is 7.49. The molecule has 0 aliphatic carbocycles. The van der Waals surface area contributed by atoms with Crippen molar-refractivity contribution < 1.29 is 17.5 Å². The number of hydrogen-bond donors (Lipinski definition) is 0. The maximum absolute atomic E-state index is 11.5. The second-order valence-electron chi connectivity index (χ2n) is 2.65. The number of nitro groups is 1. The van der Waals surface area contributed by atoms with Crippen LogP contribution in [-0.2, 0) is 14.3 Å². The van der Waals surface area contributed by atoms with E-state index in [1.807, 2.05) is 0 Å².